The van der Waals surface area contributed by atoms with Crippen molar-refractivity contribution < 1.29 is 9.21 Å². The van der Waals surface area contributed by atoms with E-state index in [1.807, 2.05) is 17.0 Å². The molecule has 0 radical (unpaired) electrons. The number of furan rings is 1. The van der Waals surface area contributed by atoms with Crippen molar-refractivity contribution in [3.05, 3.63) is 60.1 Å². The molecule has 0 spiro atoms. The molecule has 1 aromatic heterocycles. The largest absolute Gasteiger partial charge is 0.465 e. The number of hydrogen-bond acceptors (Lipinski definition) is 3. The van der Waals surface area contributed by atoms with Crippen LogP contribution in [0.3, 0.4) is 0 Å². The molecule has 0 bridgehead atoms. The van der Waals surface area contributed by atoms with E-state index in [1.165, 1.54) is 11.3 Å². The molecule has 0 saturated carbocycles. The zero-order valence-electron chi connectivity index (χ0n) is 12.7. The van der Waals surface area contributed by atoms with E-state index in [0.717, 1.165) is 26.2 Å². The van der Waals surface area contributed by atoms with Gasteiger partial charge in [-0.25, -0.2) is 0 Å². The summed E-state index contributed by atoms with van der Waals surface area (Å²) >= 11 is 0. The smallest absolute Gasteiger partial charge is 0.246 e. The number of amides is 1. The fourth-order valence-corrected chi connectivity index (χ4v) is 2.65. The summed E-state index contributed by atoms with van der Waals surface area (Å²) in [5.74, 6) is 0.743. The Balaban J connectivity index is 1.56. The first kappa shape index (κ1) is 14.4. The predicted octanol–water partition coefficient (Wildman–Crippen LogP) is 2.95. The van der Waals surface area contributed by atoms with Gasteiger partial charge in [-0.1, -0.05) is 12.1 Å². The second-order valence-electron chi connectivity index (χ2n) is 5.50. The lowest BCUT2D eigenvalue weighted by Gasteiger charge is -2.35. The fraction of sp³-hybridized carbons (Fsp3) is 0.278. The minimum atomic E-state index is 0.0419. The third kappa shape index (κ3) is 3.39. The molecular weight excluding hydrogens is 276 g/mol. The van der Waals surface area contributed by atoms with Gasteiger partial charge in [0.05, 0.1) is 6.26 Å². The third-order valence-corrected chi connectivity index (χ3v) is 3.89. The van der Waals surface area contributed by atoms with Crippen LogP contribution in [0.1, 0.15) is 11.3 Å². The number of rotatable bonds is 3. The van der Waals surface area contributed by atoms with Crippen LogP contribution < -0.4 is 4.90 Å². The van der Waals surface area contributed by atoms with Gasteiger partial charge in [0, 0.05) is 37.9 Å². The maximum Gasteiger partial charge on any atom is 0.246 e. The summed E-state index contributed by atoms with van der Waals surface area (Å²) in [6, 6.07) is 12.1. The van der Waals surface area contributed by atoms with Crippen molar-refractivity contribution in [1.29, 1.82) is 0 Å². The number of piperazine rings is 1. The Hall–Kier alpha value is -2.49. The average molecular weight is 296 g/mol. The van der Waals surface area contributed by atoms with E-state index in [1.54, 1.807) is 18.4 Å². The first-order valence-corrected chi connectivity index (χ1v) is 7.54. The first-order valence-electron chi connectivity index (χ1n) is 7.54. The SMILES string of the molecule is Cc1cccc(N2CCN(C(=O)/C=C/c3ccco3)CC2)c1. The van der Waals surface area contributed by atoms with Gasteiger partial charge in [-0.2, -0.15) is 0 Å². The van der Waals surface area contributed by atoms with Gasteiger partial charge < -0.3 is 14.2 Å². The van der Waals surface area contributed by atoms with Gasteiger partial charge in [-0.3, -0.25) is 4.79 Å². The van der Waals surface area contributed by atoms with Crippen LogP contribution in [0.25, 0.3) is 6.08 Å². The van der Waals surface area contributed by atoms with Crippen LogP contribution in [0.5, 0.6) is 0 Å². The van der Waals surface area contributed by atoms with Crippen molar-refractivity contribution >= 4 is 17.7 Å². The van der Waals surface area contributed by atoms with Gasteiger partial charge in [-0.05, 0) is 42.8 Å². The van der Waals surface area contributed by atoms with Gasteiger partial charge in [0.25, 0.3) is 0 Å². The van der Waals surface area contributed by atoms with Crippen molar-refractivity contribution in [2.24, 2.45) is 0 Å². The summed E-state index contributed by atoms with van der Waals surface area (Å²) in [7, 11) is 0. The molecule has 2 aromatic rings. The molecule has 1 aromatic carbocycles. The zero-order valence-corrected chi connectivity index (χ0v) is 12.7. The molecule has 0 aliphatic carbocycles. The molecule has 1 amide bonds. The zero-order chi connectivity index (χ0) is 15.4. The number of benzene rings is 1. The van der Waals surface area contributed by atoms with Gasteiger partial charge in [0.1, 0.15) is 5.76 Å². The van der Waals surface area contributed by atoms with Gasteiger partial charge >= 0.3 is 0 Å². The fourth-order valence-electron chi connectivity index (χ4n) is 2.65. The summed E-state index contributed by atoms with van der Waals surface area (Å²) in [6.07, 6.45) is 4.90. The van der Waals surface area contributed by atoms with Gasteiger partial charge in [0.2, 0.25) is 5.91 Å². The minimum Gasteiger partial charge on any atom is -0.465 e. The normalized spacial score (nSPS) is 15.5. The summed E-state index contributed by atoms with van der Waals surface area (Å²) in [4.78, 5) is 16.4. The Morgan fingerprint density at radius 3 is 2.64 bits per heavy atom. The lowest BCUT2D eigenvalue weighted by atomic mass is 10.2. The van der Waals surface area contributed by atoms with Crippen molar-refractivity contribution in [1.82, 2.24) is 4.90 Å². The van der Waals surface area contributed by atoms with Crippen LogP contribution in [0.15, 0.2) is 53.2 Å². The van der Waals surface area contributed by atoms with E-state index in [4.69, 9.17) is 4.42 Å². The average Bonchev–Trinajstić information content (AvgIpc) is 3.06. The monoisotopic (exact) mass is 296 g/mol. The predicted molar refractivity (Wildman–Crippen MR) is 87.7 cm³/mol. The third-order valence-electron chi connectivity index (χ3n) is 3.89. The highest BCUT2D eigenvalue weighted by Crippen LogP contribution is 2.18. The van der Waals surface area contributed by atoms with Crippen LogP contribution in [-0.4, -0.2) is 37.0 Å². The highest BCUT2D eigenvalue weighted by atomic mass is 16.3. The number of nitrogens with zero attached hydrogens (tertiary/aromatic N) is 2. The second kappa shape index (κ2) is 6.52. The Labute approximate surface area is 130 Å². The summed E-state index contributed by atoms with van der Waals surface area (Å²) < 4.78 is 5.19. The lowest BCUT2D eigenvalue weighted by molar-refractivity contribution is -0.126. The highest BCUT2D eigenvalue weighted by molar-refractivity contribution is 5.91. The molecule has 1 aliphatic rings. The molecule has 114 valence electrons. The molecule has 0 unspecified atom stereocenters. The quantitative estimate of drug-likeness (QED) is 0.817. The molecule has 1 saturated heterocycles. The summed E-state index contributed by atoms with van der Waals surface area (Å²) in [6.45, 7) is 5.32. The van der Waals surface area contributed by atoms with Crippen molar-refractivity contribution in [2.75, 3.05) is 31.1 Å². The number of anilines is 1. The maximum atomic E-state index is 12.2. The Bertz CT molecular complexity index is 653. The van der Waals surface area contributed by atoms with E-state index in [-0.39, 0.29) is 5.91 Å². The van der Waals surface area contributed by atoms with Gasteiger partial charge in [-0.15, -0.1) is 0 Å². The van der Waals surface area contributed by atoms with Crippen LogP contribution in [0.2, 0.25) is 0 Å². The van der Waals surface area contributed by atoms with E-state index in [2.05, 4.69) is 36.1 Å². The van der Waals surface area contributed by atoms with Crippen LogP contribution in [0, 0.1) is 6.92 Å². The molecule has 4 nitrogen and oxygen atoms in total. The van der Waals surface area contributed by atoms with E-state index in [0.29, 0.717) is 5.76 Å². The lowest BCUT2D eigenvalue weighted by Crippen LogP contribution is -2.48. The maximum absolute atomic E-state index is 12.2. The molecule has 2 heterocycles. The molecule has 4 heteroatoms. The molecule has 1 fully saturated rings. The first-order chi connectivity index (χ1) is 10.7. The van der Waals surface area contributed by atoms with Crippen LogP contribution >= 0.6 is 0 Å². The summed E-state index contributed by atoms with van der Waals surface area (Å²) in [5.41, 5.74) is 2.50. The Kier molecular flexibility index (Phi) is 4.28. The van der Waals surface area contributed by atoms with Crippen molar-refractivity contribution in [3.8, 4) is 0 Å². The van der Waals surface area contributed by atoms with Gasteiger partial charge in [0.15, 0.2) is 0 Å². The van der Waals surface area contributed by atoms with Crippen molar-refractivity contribution in [2.45, 2.75) is 6.92 Å². The number of aryl methyl sites for hydroxylation is 1. The summed E-state index contributed by atoms with van der Waals surface area (Å²) in [5, 5.41) is 0. The van der Waals surface area contributed by atoms with E-state index >= 15 is 0 Å². The Morgan fingerprint density at radius 2 is 1.95 bits per heavy atom. The Morgan fingerprint density at radius 1 is 1.14 bits per heavy atom. The molecule has 3 rings (SSSR count). The van der Waals surface area contributed by atoms with Crippen molar-refractivity contribution in [3.63, 3.8) is 0 Å². The standard InChI is InChI=1S/C18H20N2O2/c1-15-4-2-5-16(14-15)19-9-11-20(12-10-19)18(21)8-7-17-6-3-13-22-17/h2-8,13-14H,9-12H2,1H3/b8-7+. The molecule has 22 heavy (non-hydrogen) atoms. The highest BCUT2D eigenvalue weighted by Gasteiger charge is 2.19. The van der Waals surface area contributed by atoms with Crippen LogP contribution in [-0.2, 0) is 4.79 Å². The number of carbonyl (C=O) groups is 1. The molecule has 0 atom stereocenters. The molecule has 0 N–H and O–H groups in total. The van der Waals surface area contributed by atoms with E-state index in [9.17, 15) is 4.79 Å². The molecular formula is C18H20N2O2. The van der Waals surface area contributed by atoms with E-state index < -0.39 is 0 Å². The second-order valence-corrected chi connectivity index (χ2v) is 5.50. The molecule has 1 aliphatic heterocycles. The van der Waals surface area contributed by atoms with Crippen LogP contribution in [0.4, 0.5) is 5.69 Å². The minimum absolute atomic E-state index is 0.0419. The number of carbonyl (C=O) groups excluding carboxylic acids is 1. The number of hydrogen-bond donors (Lipinski definition) is 0. The topological polar surface area (TPSA) is 36.7 Å².